The van der Waals surface area contributed by atoms with Crippen molar-refractivity contribution in [3.8, 4) is 0 Å². The highest BCUT2D eigenvalue weighted by Gasteiger charge is 2.22. The van der Waals surface area contributed by atoms with Gasteiger partial charge in [-0.2, -0.15) is 0 Å². The van der Waals surface area contributed by atoms with Gasteiger partial charge < -0.3 is 15.3 Å². The number of hydrogen-bond acceptors (Lipinski definition) is 3. The van der Waals surface area contributed by atoms with Crippen LogP contribution in [0.5, 0.6) is 0 Å². The zero-order chi connectivity index (χ0) is 17.6. The second kappa shape index (κ2) is 7.94. The van der Waals surface area contributed by atoms with Crippen LogP contribution in [0.3, 0.4) is 0 Å². The fourth-order valence-electron chi connectivity index (χ4n) is 3.09. The van der Waals surface area contributed by atoms with Crippen molar-refractivity contribution < 1.29 is 14.7 Å². The van der Waals surface area contributed by atoms with E-state index in [-0.39, 0.29) is 24.5 Å². The highest BCUT2D eigenvalue weighted by Crippen LogP contribution is 2.22. The Morgan fingerprint density at radius 3 is 2.44 bits per heavy atom. The molecule has 2 aromatic carbocycles. The Morgan fingerprint density at radius 1 is 1.12 bits per heavy atom. The summed E-state index contributed by atoms with van der Waals surface area (Å²) in [4.78, 5) is 26.1. The zero-order valence-electron chi connectivity index (χ0n) is 14.0. The van der Waals surface area contributed by atoms with Gasteiger partial charge in [0, 0.05) is 30.8 Å². The summed E-state index contributed by atoms with van der Waals surface area (Å²) in [7, 11) is 0. The third-order valence-electron chi connectivity index (χ3n) is 4.44. The lowest BCUT2D eigenvalue weighted by Gasteiger charge is -2.19. The van der Waals surface area contributed by atoms with Crippen LogP contribution in [0.2, 0.25) is 0 Å². The Balaban J connectivity index is 1.70. The van der Waals surface area contributed by atoms with E-state index >= 15 is 0 Å². The molecule has 1 unspecified atom stereocenters. The summed E-state index contributed by atoms with van der Waals surface area (Å²) in [6, 6.07) is 16.4. The van der Waals surface area contributed by atoms with Crippen molar-refractivity contribution in [1.82, 2.24) is 5.32 Å². The van der Waals surface area contributed by atoms with Gasteiger partial charge in [-0.25, -0.2) is 0 Å². The molecule has 0 aromatic heterocycles. The normalized spacial score (nSPS) is 15.2. The molecule has 2 aromatic rings. The minimum Gasteiger partial charge on any atom is -0.396 e. The number of aliphatic hydroxyl groups excluding tert-OH is 1. The largest absolute Gasteiger partial charge is 0.396 e. The highest BCUT2D eigenvalue weighted by atomic mass is 16.3. The number of rotatable bonds is 6. The van der Waals surface area contributed by atoms with Crippen LogP contribution in [0, 0.1) is 0 Å². The number of carbonyl (C=O) groups is 2. The van der Waals surface area contributed by atoms with Crippen LogP contribution in [0.1, 0.15) is 41.2 Å². The minimum absolute atomic E-state index is 0.00412. The molecular formula is C20H22N2O3. The number of amides is 2. The lowest BCUT2D eigenvalue weighted by Crippen LogP contribution is -2.29. The van der Waals surface area contributed by atoms with Crippen molar-refractivity contribution in [2.45, 2.75) is 25.3 Å². The van der Waals surface area contributed by atoms with E-state index in [4.69, 9.17) is 0 Å². The predicted molar refractivity (Wildman–Crippen MR) is 96.4 cm³/mol. The molecule has 0 aliphatic carbocycles. The summed E-state index contributed by atoms with van der Waals surface area (Å²) in [6.45, 7) is 0.729. The van der Waals surface area contributed by atoms with Gasteiger partial charge in [0.15, 0.2) is 0 Å². The summed E-state index contributed by atoms with van der Waals surface area (Å²) in [5.74, 6) is -0.0640. The van der Waals surface area contributed by atoms with Gasteiger partial charge in [0.2, 0.25) is 5.91 Å². The van der Waals surface area contributed by atoms with E-state index in [1.165, 1.54) is 0 Å². The second-order valence-electron chi connectivity index (χ2n) is 6.14. The molecule has 1 fully saturated rings. The first-order chi connectivity index (χ1) is 12.2. The van der Waals surface area contributed by atoms with Crippen LogP contribution in [0.4, 0.5) is 5.69 Å². The van der Waals surface area contributed by atoms with Crippen molar-refractivity contribution in [3.05, 3.63) is 65.7 Å². The summed E-state index contributed by atoms with van der Waals surface area (Å²) < 4.78 is 0. The maximum atomic E-state index is 12.5. The van der Waals surface area contributed by atoms with Crippen LogP contribution < -0.4 is 10.2 Å². The number of benzene rings is 2. The molecule has 0 bridgehead atoms. The molecule has 1 aliphatic rings. The van der Waals surface area contributed by atoms with E-state index < -0.39 is 0 Å². The van der Waals surface area contributed by atoms with E-state index in [1.54, 1.807) is 17.0 Å². The molecule has 5 nitrogen and oxygen atoms in total. The first-order valence-corrected chi connectivity index (χ1v) is 8.56. The van der Waals surface area contributed by atoms with Crippen molar-refractivity contribution >= 4 is 17.5 Å². The maximum absolute atomic E-state index is 12.5. The Bertz CT molecular complexity index is 728. The summed E-state index contributed by atoms with van der Waals surface area (Å²) in [5, 5.41) is 12.2. The van der Waals surface area contributed by atoms with Gasteiger partial charge in [-0.05, 0) is 42.7 Å². The van der Waals surface area contributed by atoms with E-state index in [0.29, 0.717) is 18.4 Å². The van der Waals surface area contributed by atoms with Crippen molar-refractivity contribution in [2.75, 3.05) is 18.1 Å². The summed E-state index contributed by atoms with van der Waals surface area (Å²) in [5.41, 5.74) is 2.33. The second-order valence-corrected chi connectivity index (χ2v) is 6.14. The molecule has 3 rings (SSSR count). The Labute approximate surface area is 147 Å². The van der Waals surface area contributed by atoms with Crippen LogP contribution in [-0.4, -0.2) is 30.1 Å². The van der Waals surface area contributed by atoms with Crippen molar-refractivity contribution in [1.29, 1.82) is 0 Å². The first-order valence-electron chi connectivity index (χ1n) is 8.56. The van der Waals surface area contributed by atoms with E-state index in [9.17, 15) is 14.7 Å². The molecule has 130 valence electrons. The zero-order valence-corrected chi connectivity index (χ0v) is 14.0. The average Bonchev–Trinajstić information content (AvgIpc) is 3.08. The van der Waals surface area contributed by atoms with E-state index in [1.807, 2.05) is 42.5 Å². The number of hydrogen-bond donors (Lipinski definition) is 2. The van der Waals surface area contributed by atoms with Crippen molar-refractivity contribution in [2.24, 2.45) is 0 Å². The summed E-state index contributed by atoms with van der Waals surface area (Å²) in [6.07, 6.45) is 1.92. The molecule has 0 spiro atoms. The van der Waals surface area contributed by atoms with E-state index in [2.05, 4.69) is 5.32 Å². The topological polar surface area (TPSA) is 69.6 Å². The fraction of sp³-hybridized carbons (Fsp3) is 0.300. The van der Waals surface area contributed by atoms with Gasteiger partial charge in [-0.1, -0.05) is 30.3 Å². The van der Waals surface area contributed by atoms with Gasteiger partial charge in [0.05, 0.1) is 6.04 Å². The predicted octanol–water partition coefficient (Wildman–Crippen LogP) is 2.67. The number of carbonyl (C=O) groups excluding carboxylic acids is 2. The standard InChI is InChI=1S/C20H22N2O3/c23-14-12-18(15-5-2-1-3-6-15)21-20(25)16-8-10-17(11-9-16)22-13-4-7-19(22)24/h1-3,5-6,8-11,18,23H,4,7,12-14H2,(H,21,25). The molecule has 0 saturated carbocycles. The number of anilines is 1. The summed E-state index contributed by atoms with van der Waals surface area (Å²) >= 11 is 0. The van der Waals surface area contributed by atoms with Gasteiger partial charge in [0.25, 0.3) is 5.91 Å². The first kappa shape index (κ1) is 17.2. The monoisotopic (exact) mass is 338 g/mol. The maximum Gasteiger partial charge on any atom is 0.251 e. The fourth-order valence-corrected chi connectivity index (χ4v) is 3.09. The third kappa shape index (κ3) is 4.06. The molecule has 2 N–H and O–H groups in total. The SMILES string of the molecule is O=C(NC(CCO)c1ccccc1)c1ccc(N2CCCC2=O)cc1. The molecule has 1 aliphatic heterocycles. The molecule has 1 saturated heterocycles. The quantitative estimate of drug-likeness (QED) is 0.851. The van der Waals surface area contributed by atoms with Gasteiger partial charge >= 0.3 is 0 Å². The van der Waals surface area contributed by atoms with Crippen LogP contribution in [0.25, 0.3) is 0 Å². The molecular weight excluding hydrogens is 316 g/mol. The molecule has 1 heterocycles. The molecule has 2 amide bonds. The molecule has 1 atom stereocenters. The lowest BCUT2D eigenvalue weighted by molar-refractivity contribution is -0.117. The lowest BCUT2D eigenvalue weighted by atomic mass is 10.0. The van der Waals surface area contributed by atoms with Gasteiger partial charge in [-0.15, -0.1) is 0 Å². The number of aliphatic hydroxyl groups is 1. The van der Waals surface area contributed by atoms with Crippen LogP contribution >= 0.6 is 0 Å². The Morgan fingerprint density at radius 2 is 1.84 bits per heavy atom. The van der Waals surface area contributed by atoms with Crippen LogP contribution in [0.15, 0.2) is 54.6 Å². The molecule has 0 radical (unpaired) electrons. The van der Waals surface area contributed by atoms with Crippen LogP contribution in [-0.2, 0) is 4.79 Å². The average molecular weight is 338 g/mol. The Hall–Kier alpha value is -2.66. The minimum atomic E-state index is -0.237. The van der Waals surface area contributed by atoms with E-state index in [0.717, 1.165) is 24.2 Å². The number of nitrogens with one attached hydrogen (secondary N) is 1. The Kier molecular flexibility index (Phi) is 5.46. The number of nitrogens with zero attached hydrogens (tertiary/aromatic N) is 1. The smallest absolute Gasteiger partial charge is 0.251 e. The van der Waals surface area contributed by atoms with Gasteiger partial charge in [0.1, 0.15) is 0 Å². The van der Waals surface area contributed by atoms with Gasteiger partial charge in [-0.3, -0.25) is 9.59 Å². The highest BCUT2D eigenvalue weighted by molar-refractivity contribution is 5.97. The molecule has 5 heteroatoms. The molecule has 25 heavy (non-hydrogen) atoms. The van der Waals surface area contributed by atoms with Crippen molar-refractivity contribution in [3.63, 3.8) is 0 Å². The third-order valence-corrected chi connectivity index (χ3v) is 4.44.